The third-order valence-corrected chi connectivity index (χ3v) is 4.62. The van der Waals surface area contributed by atoms with E-state index in [-0.39, 0.29) is 6.61 Å². The third kappa shape index (κ3) is 4.72. The van der Waals surface area contributed by atoms with E-state index in [4.69, 9.17) is 4.74 Å². The quantitative estimate of drug-likeness (QED) is 0.496. The van der Waals surface area contributed by atoms with E-state index in [9.17, 15) is 5.11 Å². The Bertz CT molecular complexity index is 690. The van der Waals surface area contributed by atoms with Crippen LogP contribution in [0.1, 0.15) is 13.8 Å². The predicted molar refractivity (Wildman–Crippen MR) is 102 cm³/mol. The van der Waals surface area contributed by atoms with Crippen LogP contribution in [-0.4, -0.2) is 26.9 Å². The van der Waals surface area contributed by atoms with Crippen molar-refractivity contribution in [2.24, 2.45) is 5.41 Å². The van der Waals surface area contributed by atoms with Crippen LogP contribution < -0.4 is 4.74 Å². The SMILES string of the molecule is CC(C)(C#CI)C(O)(COc1ccc(Br)cc1)Cn1ccnc1. The second-order valence-electron chi connectivity index (χ2n) is 5.85. The molecule has 0 saturated heterocycles. The fourth-order valence-corrected chi connectivity index (χ4v) is 3.01. The molecule has 1 heterocycles. The van der Waals surface area contributed by atoms with Gasteiger partial charge in [-0.1, -0.05) is 21.9 Å². The van der Waals surface area contributed by atoms with Gasteiger partial charge in [0.15, 0.2) is 0 Å². The van der Waals surface area contributed by atoms with Crippen LogP contribution in [0, 0.1) is 15.3 Å². The highest BCUT2D eigenvalue weighted by molar-refractivity contribution is 14.1. The zero-order chi connectivity index (χ0) is 16.9. The molecule has 1 unspecified atom stereocenters. The zero-order valence-electron chi connectivity index (χ0n) is 13.0. The van der Waals surface area contributed by atoms with Crippen LogP contribution in [0.25, 0.3) is 0 Å². The van der Waals surface area contributed by atoms with Crippen molar-refractivity contribution in [3.8, 4) is 15.6 Å². The van der Waals surface area contributed by atoms with Gasteiger partial charge in [0.05, 0.1) is 18.3 Å². The van der Waals surface area contributed by atoms with Gasteiger partial charge in [-0.05, 0) is 42.0 Å². The van der Waals surface area contributed by atoms with Gasteiger partial charge < -0.3 is 14.4 Å². The number of imidazole rings is 1. The molecule has 0 aliphatic heterocycles. The van der Waals surface area contributed by atoms with Crippen LogP contribution in [0.15, 0.2) is 47.5 Å². The molecular weight excluding hydrogens is 471 g/mol. The van der Waals surface area contributed by atoms with E-state index < -0.39 is 11.0 Å². The molecule has 2 rings (SSSR count). The number of aromatic nitrogens is 2. The first-order valence-electron chi connectivity index (χ1n) is 7.06. The summed E-state index contributed by atoms with van der Waals surface area (Å²) in [6.07, 6.45) is 5.18. The molecule has 0 aliphatic carbocycles. The molecule has 0 fully saturated rings. The minimum atomic E-state index is -1.17. The standard InChI is InChI=1S/C17H18BrIN2O2/c1-16(2,7-8-19)17(22,11-21-10-9-20-13-21)12-23-15-5-3-14(18)4-6-15/h3-6,9-10,13,22H,11-12H2,1-2H3. The van der Waals surface area contributed by atoms with Gasteiger partial charge >= 0.3 is 0 Å². The zero-order valence-corrected chi connectivity index (χ0v) is 16.7. The maximum atomic E-state index is 11.3. The van der Waals surface area contributed by atoms with E-state index in [0.717, 1.165) is 4.47 Å². The molecule has 122 valence electrons. The van der Waals surface area contributed by atoms with Gasteiger partial charge in [-0.3, -0.25) is 0 Å². The van der Waals surface area contributed by atoms with Gasteiger partial charge in [0.1, 0.15) is 18.0 Å². The summed E-state index contributed by atoms with van der Waals surface area (Å²) in [6, 6.07) is 7.53. The molecule has 4 nitrogen and oxygen atoms in total. The Balaban J connectivity index is 2.21. The monoisotopic (exact) mass is 488 g/mol. The lowest BCUT2D eigenvalue weighted by atomic mass is 9.75. The second kappa shape index (κ2) is 7.69. The van der Waals surface area contributed by atoms with Gasteiger partial charge in [0.25, 0.3) is 0 Å². The highest BCUT2D eigenvalue weighted by Gasteiger charge is 2.44. The molecule has 0 saturated carbocycles. The summed E-state index contributed by atoms with van der Waals surface area (Å²) in [5.41, 5.74) is -1.81. The van der Waals surface area contributed by atoms with E-state index in [2.05, 4.69) is 30.8 Å². The van der Waals surface area contributed by atoms with Gasteiger partial charge in [-0.25, -0.2) is 4.98 Å². The second-order valence-corrected chi connectivity index (χ2v) is 7.31. The number of benzene rings is 1. The van der Waals surface area contributed by atoms with E-state index in [0.29, 0.717) is 12.3 Å². The highest BCUT2D eigenvalue weighted by atomic mass is 127. The fourth-order valence-electron chi connectivity index (χ4n) is 2.07. The molecule has 0 amide bonds. The molecule has 0 spiro atoms. The number of hydrogen-bond acceptors (Lipinski definition) is 3. The molecule has 0 radical (unpaired) electrons. The molecular formula is C17H18BrIN2O2. The number of ether oxygens (including phenoxy) is 1. The maximum absolute atomic E-state index is 11.3. The van der Waals surface area contributed by atoms with Crippen LogP contribution in [0.2, 0.25) is 0 Å². The average molecular weight is 489 g/mol. The normalized spacial score (nSPS) is 13.8. The van der Waals surface area contributed by atoms with Gasteiger partial charge in [-0.2, -0.15) is 0 Å². The molecule has 1 N–H and O–H groups in total. The first kappa shape index (κ1) is 18.3. The van der Waals surface area contributed by atoms with Crippen molar-refractivity contribution in [1.82, 2.24) is 9.55 Å². The van der Waals surface area contributed by atoms with Gasteiger partial charge in [0.2, 0.25) is 0 Å². The number of aliphatic hydroxyl groups is 1. The van der Waals surface area contributed by atoms with Crippen molar-refractivity contribution in [2.75, 3.05) is 6.61 Å². The van der Waals surface area contributed by atoms with E-state index >= 15 is 0 Å². The molecule has 1 aromatic heterocycles. The lowest BCUT2D eigenvalue weighted by Gasteiger charge is -2.39. The fraction of sp³-hybridized carbons (Fsp3) is 0.353. The largest absolute Gasteiger partial charge is 0.490 e. The summed E-state index contributed by atoms with van der Waals surface area (Å²) < 4.78 is 11.5. The van der Waals surface area contributed by atoms with Crippen LogP contribution in [0.3, 0.4) is 0 Å². The number of halogens is 2. The van der Waals surface area contributed by atoms with Crippen LogP contribution >= 0.6 is 38.5 Å². The summed E-state index contributed by atoms with van der Waals surface area (Å²) in [4.78, 5) is 4.03. The van der Waals surface area contributed by atoms with E-state index in [1.165, 1.54) is 0 Å². The molecule has 0 bridgehead atoms. The van der Waals surface area contributed by atoms with E-state index in [1.54, 1.807) is 12.5 Å². The molecule has 2 aromatic rings. The lowest BCUT2D eigenvalue weighted by Crippen LogP contribution is -2.52. The minimum absolute atomic E-state index is 0.130. The Kier molecular flexibility index (Phi) is 6.12. The summed E-state index contributed by atoms with van der Waals surface area (Å²) in [7, 11) is 0. The molecule has 6 heteroatoms. The smallest absolute Gasteiger partial charge is 0.132 e. The Labute approximate surface area is 158 Å². The third-order valence-electron chi connectivity index (χ3n) is 3.82. The van der Waals surface area contributed by atoms with E-state index in [1.807, 2.05) is 71.5 Å². The van der Waals surface area contributed by atoms with Crippen molar-refractivity contribution in [1.29, 1.82) is 0 Å². The van der Waals surface area contributed by atoms with Crippen molar-refractivity contribution < 1.29 is 9.84 Å². The number of hydrogen-bond donors (Lipinski definition) is 1. The highest BCUT2D eigenvalue weighted by Crippen LogP contribution is 2.33. The van der Waals surface area contributed by atoms with Crippen LogP contribution in [0.5, 0.6) is 5.75 Å². The van der Waals surface area contributed by atoms with Crippen LogP contribution in [0.4, 0.5) is 0 Å². The molecule has 0 aliphatic rings. The number of nitrogens with zero attached hydrogens (tertiary/aromatic N) is 2. The lowest BCUT2D eigenvalue weighted by molar-refractivity contribution is -0.0828. The first-order chi connectivity index (χ1) is 10.9. The van der Waals surface area contributed by atoms with Gasteiger partial charge in [0, 0.05) is 39.5 Å². The Hall–Kier alpha value is -1.04. The Morgan fingerprint density at radius 3 is 2.61 bits per heavy atom. The summed E-state index contributed by atoms with van der Waals surface area (Å²) >= 11 is 5.38. The Morgan fingerprint density at radius 1 is 1.35 bits per heavy atom. The molecule has 1 atom stereocenters. The molecule has 1 aromatic carbocycles. The number of rotatable bonds is 6. The predicted octanol–water partition coefficient (Wildman–Crippen LogP) is 3.88. The van der Waals surface area contributed by atoms with Crippen molar-refractivity contribution in [2.45, 2.75) is 26.0 Å². The molecule has 23 heavy (non-hydrogen) atoms. The Morgan fingerprint density at radius 2 is 2.04 bits per heavy atom. The maximum Gasteiger partial charge on any atom is 0.132 e. The van der Waals surface area contributed by atoms with Crippen molar-refractivity contribution >= 4 is 38.5 Å². The topological polar surface area (TPSA) is 47.3 Å². The van der Waals surface area contributed by atoms with Gasteiger partial charge in [-0.15, -0.1) is 0 Å². The van der Waals surface area contributed by atoms with Crippen molar-refractivity contribution in [3.63, 3.8) is 0 Å². The summed E-state index contributed by atoms with van der Waals surface area (Å²) in [5, 5.41) is 11.3. The first-order valence-corrected chi connectivity index (χ1v) is 8.93. The van der Waals surface area contributed by atoms with Crippen LogP contribution in [-0.2, 0) is 6.54 Å². The minimum Gasteiger partial charge on any atom is -0.490 e. The average Bonchev–Trinajstić information content (AvgIpc) is 2.99. The summed E-state index contributed by atoms with van der Waals surface area (Å²) in [5.74, 6) is 3.79. The van der Waals surface area contributed by atoms with Crippen molar-refractivity contribution in [3.05, 3.63) is 47.5 Å². The summed E-state index contributed by atoms with van der Waals surface area (Å²) in [6.45, 7) is 4.31.